The van der Waals surface area contributed by atoms with E-state index in [-0.39, 0.29) is 30.3 Å². The molecular formula is C33H23Cl2IN2O4. The third-order valence-corrected chi connectivity index (χ3v) is 9.77. The number of nitrogens with zero attached hydrogens (tertiary/aromatic N) is 2. The van der Waals surface area contributed by atoms with Crippen molar-refractivity contribution < 1.29 is 19.1 Å². The highest BCUT2D eigenvalue weighted by Gasteiger charge is 2.61. The Bertz CT molecular complexity index is 1690. The zero-order chi connectivity index (χ0) is 29.1. The first kappa shape index (κ1) is 27.4. The van der Waals surface area contributed by atoms with Gasteiger partial charge in [0.15, 0.2) is 11.5 Å². The Morgan fingerprint density at radius 1 is 0.857 bits per heavy atom. The van der Waals surface area contributed by atoms with Crippen LogP contribution in [0.15, 0.2) is 84.0 Å². The van der Waals surface area contributed by atoms with Crippen molar-refractivity contribution in [2.24, 2.45) is 16.9 Å². The Labute approximate surface area is 266 Å². The van der Waals surface area contributed by atoms with Crippen LogP contribution in [0.25, 0.3) is 0 Å². The summed E-state index contributed by atoms with van der Waals surface area (Å²) < 4.78 is 12.4. The maximum absolute atomic E-state index is 13.8. The number of amides is 2. The van der Waals surface area contributed by atoms with Crippen LogP contribution in [-0.2, 0) is 16.2 Å². The number of imide groups is 1. The molecule has 8 rings (SSSR count). The number of methoxy groups -OCH3 is 1. The van der Waals surface area contributed by atoms with Gasteiger partial charge in [0.25, 0.3) is 11.8 Å². The van der Waals surface area contributed by atoms with Crippen LogP contribution in [0, 0.1) is 15.4 Å². The predicted molar refractivity (Wildman–Crippen MR) is 170 cm³/mol. The zero-order valence-corrected chi connectivity index (χ0v) is 25.9. The molecule has 42 heavy (non-hydrogen) atoms. The van der Waals surface area contributed by atoms with E-state index in [1.54, 1.807) is 25.3 Å². The molecule has 0 saturated carbocycles. The van der Waals surface area contributed by atoms with Crippen LogP contribution in [0.4, 0.5) is 0 Å². The summed E-state index contributed by atoms with van der Waals surface area (Å²) in [6, 6.07) is 25.2. The van der Waals surface area contributed by atoms with E-state index in [2.05, 4.69) is 52.0 Å². The third-order valence-electron chi connectivity index (χ3n) is 8.39. The summed E-state index contributed by atoms with van der Waals surface area (Å²) in [7, 11) is 1.55. The molecule has 0 spiro atoms. The third kappa shape index (κ3) is 4.32. The first-order valence-corrected chi connectivity index (χ1v) is 15.2. The molecule has 0 radical (unpaired) electrons. The van der Waals surface area contributed by atoms with Crippen molar-refractivity contribution in [2.45, 2.75) is 18.4 Å². The molecule has 1 saturated heterocycles. The van der Waals surface area contributed by atoms with Crippen LogP contribution in [0.1, 0.15) is 45.2 Å². The molecular weight excluding hydrogens is 686 g/mol. The van der Waals surface area contributed by atoms with Crippen LogP contribution in [-0.4, -0.2) is 30.1 Å². The lowest BCUT2D eigenvalue weighted by molar-refractivity contribution is -0.139. The van der Waals surface area contributed by atoms with Gasteiger partial charge in [-0.15, -0.1) is 0 Å². The van der Waals surface area contributed by atoms with E-state index >= 15 is 0 Å². The summed E-state index contributed by atoms with van der Waals surface area (Å²) >= 11 is 14.5. The van der Waals surface area contributed by atoms with Crippen LogP contribution in [0.5, 0.6) is 11.5 Å². The highest BCUT2D eigenvalue weighted by Crippen LogP contribution is 2.61. The first-order chi connectivity index (χ1) is 20.4. The van der Waals surface area contributed by atoms with E-state index < -0.39 is 11.8 Å². The number of hydrogen-bond donors (Lipinski definition) is 0. The van der Waals surface area contributed by atoms with Gasteiger partial charge in [-0.25, -0.2) is 0 Å². The minimum Gasteiger partial charge on any atom is -0.493 e. The molecule has 3 aliphatic carbocycles. The summed E-state index contributed by atoms with van der Waals surface area (Å²) in [4.78, 5) is 27.6. The quantitative estimate of drug-likeness (QED) is 0.119. The van der Waals surface area contributed by atoms with Crippen molar-refractivity contribution in [3.8, 4) is 11.5 Å². The number of benzene rings is 4. The van der Waals surface area contributed by atoms with E-state index in [0.717, 1.165) is 36.4 Å². The lowest BCUT2D eigenvalue weighted by Gasteiger charge is -2.45. The Morgan fingerprint density at radius 3 is 1.95 bits per heavy atom. The number of hydrazone groups is 1. The number of halogens is 3. The highest BCUT2D eigenvalue weighted by atomic mass is 127. The molecule has 0 N–H and O–H groups in total. The average Bonchev–Trinajstić information content (AvgIpc) is 3.25. The normalized spacial score (nSPS) is 21.9. The minimum absolute atomic E-state index is 0.171. The second kappa shape index (κ2) is 10.7. The maximum Gasteiger partial charge on any atom is 0.254 e. The van der Waals surface area contributed by atoms with E-state index in [1.165, 1.54) is 6.21 Å². The fourth-order valence-corrected chi connectivity index (χ4v) is 7.89. The summed E-state index contributed by atoms with van der Waals surface area (Å²) in [5.74, 6) is -0.781. The molecule has 0 unspecified atom stereocenters. The maximum atomic E-state index is 13.8. The Kier molecular flexibility index (Phi) is 6.99. The molecule has 210 valence electrons. The Balaban J connectivity index is 1.17. The molecule has 4 aromatic carbocycles. The SMILES string of the molecule is COc1cc(/C=N\N2C(=O)[C@@H]3C4c5ccccc5C(c5ccccc54)[C@@H]3C2=O)cc(I)c1OCc1ccc(Cl)cc1Cl. The molecule has 1 fully saturated rings. The van der Waals surface area contributed by atoms with Gasteiger partial charge in [0.1, 0.15) is 6.61 Å². The van der Waals surface area contributed by atoms with E-state index in [0.29, 0.717) is 27.1 Å². The second-order valence-electron chi connectivity index (χ2n) is 10.6. The number of ether oxygens (including phenoxy) is 2. The molecule has 0 aromatic heterocycles. The monoisotopic (exact) mass is 708 g/mol. The molecule has 2 amide bonds. The number of hydrogen-bond acceptors (Lipinski definition) is 5. The van der Waals surface area contributed by atoms with Crippen molar-refractivity contribution in [1.29, 1.82) is 0 Å². The van der Waals surface area contributed by atoms with Gasteiger partial charge >= 0.3 is 0 Å². The van der Waals surface area contributed by atoms with Crippen molar-refractivity contribution in [3.63, 3.8) is 0 Å². The van der Waals surface area contributed by atoms with Gasteiger partial charge in [-0.05, 0) is 74.7 Å². The van der Waals surface area contributed by atoms with Crippen LogP contribution < -0.4 is 9.47 Å². The van der Waals surface area contributed by atoms with Crippen LogP contribution >= 0.6 is 45.8 Å². The standard InChI is InChI=1S/C33H23Cl2IN2O4/c1-41-26-13-17(12-25(36)31(26)42-16-18-10-11-19(34)14-24(18)35)15-37-38-32(39)29-27-20-6-2-3-7-21(20)28(30(29)33(38)40)23-9-5-4-8-22(23)27/h2-15,27-30H,16H2,1H3/b37-15-/t27?,28?,29-,30+. The first-order valence-electron chi connectivity index (χ1n) is 13.4. The molecule has 2 bridgehead atoms. The fraction of sp³-hybridized carbons (Fsp3) is 0.182. The van der Waals surface area contributed by atoms with E-state index in [4.69, 9.17) is 32.7 Å². The molecule has 4 aliphatic rings. The van der Waals surface area contributed by atoms with Gasteiger partial charge in [-0.3, -0.25) is 9.59 Å². The summed E-state index contributed by atoms with van der Waals surface area (Å²) in [6.45, 7) is 0.225. The molecule has 4 aromatic rings. The van der Waals surface area contributed by atoms with E-state index in [9.17, 15) is 9.59 Å². The summed E-state index contributed by atoms with van der Waals surface area (Å²) in [5.41, 5.74) is 5.97. The van der Waals surface area contributed by atoms with Crippen molar-refractivity contribution >= 4 is 63.8 Å². The Hall–Kier alpha value is -3.40. The molecule has 1 heterocycles. The van der Waals surface area contributed by atoms with Crippen LogP contribution in [0.2, 0.25) is 10.0 Å². The predicted octanol–water partition coefficient (Wildman–Crippen LogP) is 7.41. The van der Waals surface area contributed by atoms with Gasteiger partial charge in [-0.1, -0.05) is 77.8 Å². The number of carbonyl (C=O) groups is 2. The number of carbonyl (C=O) groups excluding carboxylic acids is 2. The van der Waals surface area contributed by atoms with Crippen LogP contribution in [0.3, 0.4) is 0 Å². The highest BCUT2D eigenvalue weighted by molar-refractivity contribution is 14.1. The van der Waals surface area contributed by atoms with Gasteiger partial charge < -0.3 is 9.47 Å². The second-order valence-corrected chi connectivity index (χ2v) is 12.6. The minimum atomic E-state index is -0.477. The van der Waals surface area contributed by atoms with Gasteiger partial charge in [0.2, 0.25) is 0 Å². The molecule has 6 nitrogen and oxygen atoms in total. The van der Waals surface area contributed by atoms with Gasteiger partial charge in [-0.2, -0.15) is 10.1 Å². The lowest BCUT2D eigenvalue weighted by Crippen LogP contribution is -2.41. The fourth-order valence-electron chi connectivity index (χ4n) is 6.64. The topological polar surface area (TPSA) is 68.2 Å². The zero-order valence-electron chi connectivity index (χ0n) is 22.3. The summed E-state index contributed by atoms with van der Waals surface area (Å²) in [6.07, 6.45) is 1.53. The van der Waals surface area contributed by atoms with Crippen molar-refractivity contribution in [3.05, 3.63) is 126 Å². The van der Waals surface area contributed by atoms with Crippen molar-refractivity contribution in [2.75, 3.05) is 7.11 Å². The Morgan fingerprint density at radius 2 is 1.43 bits per heavy atom. The molecule has 2 atom stereocenters. The summed E-state index contributed by atoms with van der Waals surface area (Å²) in [5, 5.41) is 6.58. The van der Waals surface area contributed by atoms with Gasteiger partial charge in [0.05, 0.1) is 28.7 Å². The average molecular weight is 709 g/mol. The smallest absolute Gasteiger partial charge is 0.254 e. The van der Waals surface area contributed by atoms with Crippen molar-refractivity contribution in [1.82, 2.24) is 5.01 Å². The lowest BCUT2D eigenvalue weighted by atomic mass is 9.55. The number of rotatable bonds is 6. The van der Waals surface area contributed by atoms with E-state index in [1.807, 2.05) is 36.4 Å². The van der Waals surface area contributed by atoms with Gasteiger partial charge in [0, 0.05) is 27.4 Å². The largest absolute Gasteiger partial charge is 0.493 e. The molecule has 9 heteroatoms. The molecule has 1 aliphatic heterocycles.